The molecule has 2 saturated carbocycles. The smallest absolute Gasteiger partial charge is 0.302 e. The normalized spacial score (nSPS) is 46.7. The third kappa shape index (κ3) is 2.91. The van der Waals surface area contributed by atoms with Gasteiger partial charge < -0.3 is 20.1 Å². The SMILES string of the molecule is CC(=O)O[C@H]1[C@H]([C@H](C)CO)CC[C@]2(C)[C@@H]1[C@](C)(O)CC[C@@H]2O. The zero-order valence-corrected chi connectivity index (χ0v) is 14.1. The lowest BCUT2D eigenvalue weighted by Gasteiger charge is -2.59. The fourth-order valence-corrected chi connectivity index (χ4v) is 4.86. The fourth-order valence-electron chi connectivity index (χ4n) is 4.86. The Morgan fingerprint density at radius 3 is 2.50 bits per heavy atom. The second-order valence-corrected chi connectivity index (χ2v) is 7.83. The van der Waals surface area contributed by atoms with E-state index in [0.717, 1.165) is 12.8 Å². The Hall–Kier alpha value is -0.650. The van der Waals surface area contributed by atoms with Gasteiger partial charge in [0.25, 0.3) is 0 Å². The first-order valence-corrected chi connectivity index (χ1v) is 8.32. The number of aliphatic hydroxyl groups is 3. The van der Waals surface area contributed by atoms with Crippen molar-refractivity contribution in [3.05, 3.63) is 0 Å². The van der Waals surface area contributed by atoms with Gasteiger partial charge in [-0.1, -0.05) is 13.8 Å². The molecule has 5 heteroatoms. The highest BCUT2D eigenvalue weighted by Crippen LogP contribution is 2.57. The van der Waals surface area contributed by atoms with Crippen LogP contribution in [-0.2, 0) is 9.53 Å². The molecule has 0 heterocycles. The molecule has 0 aromatic heterocycles. The molecule has 3 N–H and O–H groups in total. The molecular weight excluding hydrogens is 284 g/mol. The Kier molecular flexibility index (Phi) is 4.91. The molecule has 5 nitrogen and oxygen atoms in total. The van der Waals surface area contributed by atoms with Crippen LogP contribution in [-0.4, -0.2) is 45.7 Å². The molecule has 0 aromatic carbocycles. The quantitative estimate of drug-likeness (QED) is 0.687. The van der Waals surface area contributed by atoms with Gasteiger partial charge in [0.05, 0.1) is 11.7 Å². The highest BCUT2D eigenvalue weighted by atomic mass is 16.5. The number of hydrogen-bond donors (Lipinski definition) is 3. The first kappa shape index (κ1) is 17.7. The predicted octanol–water partition coefficient (Wildman–Crippen LogP) is 1.48. The summed E-state index contributed by atoms with van der Waals surface area (Å²) in [7, 11) is 0. The maximum absolute atomic E-state index is 11.6. The maximum atomic E-state index is 11.6. The molecule has 7 atom stereocenters. The number of ether oxygens (including phenoxy) is 1. The molecule has 128 valence electrons. The molecule has 0 aromatic rings. The molecule has 0 aliphatic heterocycles. The van der Waals surface area contributed by atoms with Crippen LogP contribution in [0.3, 0.4) is 0 Å². The van der Waals surface area contributed by atoms with E-state index in [1.54, 1.807) is 6.92 Å². The summed E-state index contributed by atoms with van der Waals surface area (Å²) in [4.78, 5) is 11.6. The maximum Gasteiger partial charge on any atom is 0.302 e. The molecule has 0 spiro atoms. The average Bonchev–Trinajstić information content (AvgIpc) is 2.42. The molecule has 2 aliphatic carbocycles. The van der Waals surface area contributed by atoms with Crippen LogP contribution < -0.4 is 0 Å². The van der Waals surface area contributed by atoms with Crippen molar-refractivity contribution < 1.29 is 24.9 Å². The van der Waals surface area contributed by atoms with Gasteiger partial charge in [-0.15, -0.1) is 0 Å². The standard InChI is InChI=1S/C17H30O5/c1-10(9-18)12-5-7-16(3)13(20)6-8-17(4,21)15(16)14(12)22-11(2)19/h10,12-15,18,20-21H,5-9H2,1-4H3/t10-,12+,13+,14+,15-,16+,17-/m1/s1. The Morgan fingerprint density at radius 2 is 1.95 bits per heavy atom. The van der Waals surface area contributed by atoms with Crippen LogP contribution in [0, 0.1) is 23.2 Å². The minimum absolute atomic E-state index is 0.00347. The van der Waals surface area contributed by atoms with Crippen molar-refractivity contribution in [2.75, 3.05) is 6.61 Å². The average molecular weight is 314 g/mol. The van der Waals surface area contributed by atoms with E-state index in [9.17, 15) is 20.1 Å². The van der Waals surface area contributed by atoms with Gasteiger partial charge in [0.2, 0.25) is 0 Å². The molecule has 0 unspecified atom stereocenters. The summed E-state index contributed by atoms with van der Waals surface area (Å²) in [5.41, 5.74) is -1.45. The van der Waals surface area contributed by atoms with E-state index >= 15 is 0 Å². The van der Waals surface area contributed by atoms with Crippen LogP contribution in [0.1, 0.15) is 53.4 Å². The van der Waals surface area contributed by atoms with Crippen molar-refractivity contribution >= 4 is 5.97 Å². The number of hydrogen-bond acceptors (Lipinski definition) is 5. The lowest BCUT2D eigenvalue weighted by molar-refractivity contribution is -0.230. The van der Waals surface area contributed by atoms with Crippen LogP contribution in [0.25, 0.3) is 0 Å². The number of aliphatic hydroxyl groups excluding tert-OH is 2. The topological polar surface area (TPSA) is 87.0 Å². The number of carbonyl (C=O) groups excluding carboxylic acids is 1. The number of esters is 1. The fraction of sp³-hybridized carbons (Fsp3) is 0.941. The molecule has 22 heavy (non-hydrogen) atoms. The van der Waals surface area contributed by atoms with Crippen molar-refractivity contribution in [2.45, 2.75) is 71.2 Å². The monoisotopic (exact) mass is 314 g/mol. The van der Waals surface area contributed by atoms with Gasteiger partial charge in [-0.3, -0.25) is 4.79 Å². The van der Waals surface area contributed by atoms with Gasteiger partial charge in [-0.2, -0.15) is 0 Å². The Balaban J connectivity index is 2.43. The molecule has 2 fully saturated rings. The van der Waals surface area contributed by atoms with E-state index < -0.39 is 23.2 Å². The largest absolute Gasteiger partial charge is 0.462 e. The predicted molar refractivity (Wildman–Crippen MR) is 82.0 cm³/mol. The molecule has 2 aliphatic rings. The van der Waals surface area contributed by atoms with E-state index in [1.165, 1.54) is 6.92 Å². The first-order valence-electron chi connectivity index (χ1n) is 8.32. The summed E-state index contributed by atoms with van der Waals surface area (Å²) >= 11 is 0. The number of fused-ring (bicyclic) bond motifs is 1. The van der Waals surface area contributed by atoms with Gasteiger partial charge in [0.15, 0.2) is 0 Å². The summed E-state index contributed by atoms with van der Waals surface area (Å²) in [6.45, 7) is 7.12. The van der Waals surface area contributed by atoms with Crippen LogP contribution in [0.15, 0.2) is 0 Å². The van der Waals surface area contributed by atoms with Gasteiger partial charge >= 0.3 is 5.97 Å². The van der Waals surface area contributed by atoms with Crippen molar-refractivity contribution in [1.82, 2.24) is 0 Å². The van der Waals surface area contributed by atoms with Gasteiger partial charge in [0, 0.05) is 30.8 Å². The van der Waals surface area contributed by atoms with E-state index in [4.69, 9.17) is 4.74 Å². The second kappa shape index (κ2) is 6.10. The highest BCUT2D eigenvalue weighted by molar-refractivity contribution is 5.66. The van der Waals surface area contributed by atoms with E-state index in [0.29, 0.717) is 12.8 Å². The van der Waals surface area contributed by atoms with Crippen molar-refractivity contribution in [1.29, 1.82) is 0 Å². The van der Waals surface area contributed by atoms with E-state index in [1.807, 2.05) is 13.8 Å². The molecular formula is C17H30O5. The van der Waals surface area contributed by atoms with E-state index in [2.05, 4.69) is 0 Å². The molecule has 0 bridgehead atoms. The molecule has 0 saturated heterocycles. The summed E-state index contributed by atoms with van der Waals surface area (Å²) in [6, 6.07) is 0. The van der Waals surface area contributed by atoms with E-state index in [-0.39, 0.29) is 30.3 Å². The van der Waals surface area contributed by atoms with Gasteiger partial charge in [0.1, 0.15) is 6.10 Å². The zero-order valence-electron chi connectivity index (χ0n) is 14.1. The third-order valence-corrected chi connectivity index (χ3v) is 6.15. The van der Waals surface area contributed by atoms with Crippen LogP contribution >= 0.6 is 0 Å². The molecule has 0 radical (unpaired) electrons. The lowest BCUT2D eigenvalue weighted by atomic mass is 9.50. The zero-order chi connectivity index (χ0) is 16.7. The molecule has 2 rings (SSSR count). The minimum atomic E-state index is -0.984. The number of rotatable bonds is 3. The van der Waals surface area contributed by atoms with Crippen molar-refractivity contribution in [2.24, 2.45) is 23.2 Å². The lowest BCUT2D eigenvalue weighted by Crippen LogP contribution is -2.64. The summed E-state index contributed by atoms with van der Waals surface area (Å²) in [5, 5.41) is 31.0. The number of carbonyl (C=O) groups is 1. The Labute approximate surface area is 132 Å². The van der Waals surface area contributed by atoms with Crippen LogP contribution in [0.4, 0.5) is 0 Å². The van der Waals surface area contributed by atoms with Gasteiger partial charge in [-0.05, 0) is 38.5 Å². The Morgan fingerprint density at radius 1 is 1.32 bits per heavy atom. The van der Waals surface area contributed by atoms with Crippen LogP contribution in [0.5, 0.6) is 0 Å². The van der Waals surface area contributed by atoms with Crippen LogP contribution in [0.2, 0.25) is 0 Å². The summed E-state index contributed by atoms with van der Waals surface area (Å²) < 4.78 is 5.62. The highest BCUT2D eigenvalue weighted by Gasteiger charge is 2.60. The van der Waals surface area contributed by atoms with Gasteiger partial charge in [-0.25, -0.2) is 0 Å². The summed E-state index contributed by atoms with van der Waals surface area (Å²) in [5.74, 6) is -0.701. The van der Waals surface area contributed by atoms with Crippen molar-refractivity contribution in [3.63, 3.8) is 0 Å². The first-order chi connectivity index (χ1) is 10.1. The third-order valence-electron chi connectivity index (χ3n) is 6.15. The Bertz CT molecular complexity index is 421. The molecule has 0 amide bonds. The summed E-state index contributed by atoms with van der Waals surface area (Å²) in [6.07, 6.45) is 1.63. The second-order valence-electron chi connectivity index (χ2n) is 7.83. The van der Waals surface area contributed by atoms with Crippen molar-refractivity contribution in [3.8, 4) is 0 Å². The minimum Gasteiger partial charge on any atom is -0.462 e.